The van der Waals surface area contributed by atoms with Crippen LogP contribution in [0.15, 0.2) is 53.6 Å². The Balaban J connectivity index is 1.44. The summed E-state index contributed by atoms with van der Waals surface area (Å²) in [5.74, 6) is 2.22. The van der Waals surface area contributed by atoms with Crippen molar-refractivity contribution in [1.82, 2.24) is 19.9 Å². The second-order valence-electron chi connectivity index (χ2n) is 6.37. The molecule has 25 heavy (non-hydrogen) atoms. The van der Waals surface area contributed by atoms with Crippen LogP contribution in [0.4, 0.5) is 11.6 Å². The fourth-order valence-corrected chi connectivity index (χ4v) is 3.90. The predicted molar refractivity (Wildman–Crippen MR) is 101 cm³/mol. The number of pyridine rings is 2. The molecule has 4 heterocycles. The summed E-state index contributed by atoms with van der Waals surface area (Å²) in [5.41, 5.74) is 4.43. The van der Waals surface area contributed by atoms with Crippen LogP contribution in [0.1, 0.15) is 30.0 Å². The van der Waals surface area contributed by atoms with Gasteiger partial charge >= 0.3 is 0 Å². The molecule has 0 saturated carbocycles. The van der Waals surface area contributed by atoms with Gasteiger partial charge in [0.2, 0.25) is 0 Å². The second-order valence-corrected chi connectivity index (χ2v) is 7.09. The number of nitrogens with one attached hydrogen (secondary N) is 1. The lowest BCUT2D eigenvalue weighted by atomic mass is 9.91. The molecule has 5 nitrogen and oxygen atoms in total. The highest BCUT2D eigenvalue weighted by atomic mass is 32.1. The van der Waals surface area contributed by atoms with E-state index in [0.29, 0.717) is 5.92 Å². The number of anilines is 2. The summed E-state index contributed by atoms with van der Waals surface area (Å²) in [7, 11) is 0. The Labute approximate surface area is 151 Å². The fraction of sp³-hybridized carbons (Fsp3) is 0.316. The number of hydrogen-bond donors (Lipinski definition) is 1. The first-order valence-corrected chi connectivity index (χ1v) is 9.54. The zero-order chi connectivity index (χ0) is 16.9. The van der Waals surface area contributed by atoms with Crippen molar-refractivity contribution in [3.05, 3.63) is 64.9 Å². The van der Waals surface area contributed by atoms with Gasteiger partial charge in [0.25, 0.3) is 0 Å². The van der Waals surface area contributed by atoms with Gasteiger partial charge in [-0.3, -0.25) is 4.90 Å². The number of piperidine rings is 1. The average molecular weight is 351 g/mol. The Morgan fingerprint density at radius 2 is 2.08 bits per heavy atom. The molecule has 4 rings (SSSR count). The summed E-state index contributed by atoms with van der Waals surface area (Å²) in [6, 6.07) is 10.1. The smallest absolute Gasteiger partial charge is 0.131 e. The molecule has 0 aromatic carbocycles. The highest BCUT2D eigenvalue weighted by Gasteiger charge is 2.22. The van der Waals surface area contributed by atoms with Gasteiger partial charge in [-0.1, -0.05) is 6.07 Å². The van der Waals surface area contributed by atoms with Crippen LogP contribution >= 0.6 is 11.3 Å². The summed E-state index contributed by atoms with van der Waals surface area (Å²) >= 11 is 1.67. The lowest BCUT2D eigenvalue weighted by Crippen LogP contribution is -2.34. The molecule has 0 radical (unpaired) electrons. The van der Waals surface area contributed by atoms with Crippen LogP contribution in [-0.4, -0.2) is 32.9 Å². The highest BCUT2D eigenvalue weighted by molar-refractivity contribution is 7.07. The van der Waals surface area contributed by atoms with E-state index in [0.717, 1.165) is 31.3 Å². The second kappa shape index (κ2) is 7.72. The van der Waals surface area contributed by atoms with Gasteiger partial charge in [-0.25, -0.2) is 15.0 Å². The van der Waals surface area contributed by atoms with Crippen molar-refractivity contribution in [2.75, 3.05) is 18.4 Å². The van der Waals surface area contributed by atoms with Crippen molar-refractivity contribution >= 4 is 23.0 Å². The molecule has 1 aliphatic heterocycles. The topological polar surface area (TPSA) is 53.9 Å². The molecule has 1 N–H and O–H groups in total. The minimum atomic E-state index is 0.541. The van der Waals surface area contributed by atoms with E-state index in [2.05, 4.69) is 42.7 Å². The summed E-state index contributed by atoms with van der Waals surface area (Å²) in [6.45, 7) is 3.17. The van der Waals surface area contributed by atoms with Gasteiger partial charge < -0.3 is 5.32 Å². The van der Waals surface area contributed by atoms with E-state index in [1.807, 2.05) is 29.9 Å². The Morgan fingerprint density at radius 3 is 2.92 bits per heavy atom. The molecule has 1 aliphatic rings. The molecule has 1 unspecified atom stereocenters. The molecule has 0 amide bonds. The summed E-state index contributed by atoms with van der Waals surface area (Å²) in [4.78, 5) is 15.7. The van der Waals surface area contributed by atoms with Gasteiger partial charge in [0.15, 0.2) is 0 Å². The third-order valence-corrected chi connectivity index (χ3v) is 5.19. The number of likely N-dealkylation sites (tertiary alicyclic amines) is 1. The van der Waals surface area contributed by atoms with E-state index in [-0.39, 0.29) is 0 Å². The lowest BCUT2D eigenvalue weighted by molar-refractivity contribution is 0.198. The Bertz CT molecular complexity index is 791. The Kier molecular flexibility index (Phi) is 4.99. The first kappa shape index (κ1) is 16.2. The molecule has 6 heteroatoms. The maximum atomic E-state index is 4.44. The van der Waals surface area contributed by atoms with Gasteiger partial charge in [-0.15, -0.1) is 11.3 Å². The maximum absolute atomic E-state index is 4.44. The molecular weight excluding hydrogens is 330 g/mol. The lowest BCUT2D eigenvalue weighted by Gasteiger charge is -2.32. The van der Waals surface area contributed by atoms with Crippen LogP contribution in [0.25, 0.3) is 0 Å². The largest absolute Gasteiger partial charge is 0.325 e. The Morgan fingerprint density at radius 1 is 1.12 bits per heavy atom. The van der Waals surface area contributed by atoms with Gasteiger partial charge in [0.1, 0.15) is 11.6 Å². The zero-order valence-corrected chi connectivity index (χ0v) is 14.8. The average Bonchev–Trinajstić information content (AvgIpc) is 3.16. The molecule has 3 aromatic rings. The predicted octanol–water partition coefficient (Wildman–Crippen LogP) is 4.06. The van der Waals surface area contributed by atoms with Crippen molar-refractivity contribution in [2.45, 2.75) is 25.3 Å². The normalized spacial score (nSPS) is 18.2. The minimum Gasteiger partial charge on any atom is -0.325 e. The third-order valence-electron chi connectivity index (χ3n) is 4.55. The van der Waals surface area contributed by atoms with Gasteiger partial charge in [0, 0.05) is 30.9 Å². The highest BCUT2D eigenvalue weighted by Crippen LogP contribution is 2.29. The van der Waals surface area contributed by atoms with Crippen LogP contribution in [0.5, 0.6) is 0 Å². The standard InChI is InChI=1S/C19H21N5S/c1-2-7-20-18(5-1)23-19-10-15(6-8-21-19)16-4-3-9-24(11-16)12-17-13-25-14-22-17/h1-2,5-8,10,13-14,16H,3-4,9,11-12H2,(H,20,21,23). The van der Waals surface area contributed by atoms with Crippen molar-refractivity contribution in [1.29, 1.82) is 0 Å². The van der Waals surface area contributed by atoms with Crippen LogP contribution in [0.3, 0.4) is 0 Å². The molecule has 128 valence electrons. The van der Waals surface area contributed by atoms with E-state index in [9.17, 15) is 0 Å². The van der Waals surface area contributed by atoms with Crippen molar-refractivity contribution in [2.24, 2.45) is 0 Å². The van der Waals surface area contributed by atoms with E-state index in [1.54, 1.807) is 17.5 Å². The molecule has 3 aromatic heterocycles. The number of rotatable bonds is 5. The van der Waals surface area contributed by atoms with E-state index < -0.39 is 0 Å². The molecule has 0 spiro atoms. The van der Waals surface area contributed by atoms with Crippen LogP contribution in [0, 0.1) is 0 Å². The van der Waals surface area contributed by atoms with Crippen LogP contribution in [-0.2, 0) is 6.54 Å². The fourth-order valence-electron chi connectivity index (χ4n) is 3.35. The number of hydrogen-bond acceptors (Lipinski definition) is 6. The van der Waals surface area contributed by atoms with Gasteiger partial charge in [-0.2, -0.15) is 0 Å². The summed E-state index contributed by atoms with van der Waals surface area (Å²) in [6.07, 6.45) is 6.12. The SMILES string of the molecule is c1ccc(Nc2cc(C3CCCN(Cc4cscn4)C3)ccn2)nc1. The van der Waals surface area contributed by atoms with E-state index in [1.165, 1.54) is 24.1 Å². The zero-order valence-electron chi connectivity index (χ0n) is 14.0. The van der Waals surface area contributed by atoms with Crippen LogP contribution < -0.4 is 5.32 Å². The minimum absolute atomic E-state index is 0.541. The Hall–Kier alpha value is -2.31. The van der Waals surface area contributed by atoms with E-state index in [4.69, 9.17) is 0 Å². The van der Waals surface area contributed by atoms with Crippen molar-refractivity contribution in [3.63, 3.8) is 0 Å². The summed E-state index contributed by atoms with van der Waals surface area (Å²) < 4.78 is 0. The monoisotopic (exact) mass is 351 g/mol. The van der Waals surface area contributed by atoms with Gasteiger partial charge in [-0.05, 0) is 55.1 Å². The first-order valence-electron chi connectivity index (χ1n) is 8.60. The number of nitrogens with zero attached hydrogens (tertiary/aromatic N) is 4. The maximum Gasteiger partial charge on any atom is 0.131 e. The molecular formula is C19H21N5S. The molecule has 0 aliphatic carbocycles. The number of aromatic nitrogens is 3. The van der Waals surface area contributed by atoms with Crippen molar-refractivity contribution < 1.29 is 0 Å². The molecule has 1 saturated heterocycles. The first-order chi connectivity index (χ1) is 12.4. The number of thiazole rings is 1. The third kappa shape index (κ3) is 4.21. The van der Waals surface area contributed by atoms with Crippen molar-refractivity contribution in [3.8, 4) is 0 Å². The molecule has 0 bridgehead atoms. The molecule has 1 atom stereocenters. The van der Waals surface area contributed by atoms with E-state index >= 15 is 0 Å². The quantitative estimate of drug-likeness (QED) is 0.751. The van der Waals surface area contributed by atoms with Crippen LogP contribution in [0.2, 0.25) is 0 Å². The summed E-state index contributed by atoms with van der Waals surface area (Å²) in [5, 5.41) is 5.43. The van der Waals surface area contributed by atoms with Gasteiger partial charge in [0.05, 0.1) is 11.2 Å². The molecule has 1 fully saturated rings.